The number of thiazole rings is 1. The summed E-state index contributed by atoms with van der Waals surface area (Å²) in [5, 5.41) is 3.89. The molecule has 3 heterocycles. The standard InChI is InChI=1S/C25H21ClFN3O3S/c1-25(2)32-13-18(33-25)9-14-10-19(27)22(28-12-14)15-3-5-16(6-4-15)23(31)30-24-29-20-8-7-17(26)11-21(20)34-24/h3-8,10-12,18H,9,13H2,1-2H3,(H,29,30,31). The highest BCUT2D eigenvalue weighted by atomic mass is 35.5. The lowest BCUT2D eigenvalue weighted by atomic mass is 10.1. The highest BCUT2D eigenvalue weighted by Gasteiger charge is 2.32. The predicted molar refractivity (Wildman–Crippen MR) is 131 cm³/mol. The molecular formula is C25H21ClFN3O3S. The Morgan fingerprint density at radius 2 is 2.03 bits per heavy atom. The van der Waals surface area contributed by atoms with Crippen LogP contribution < -0.4 is 5.32 Å². The number of halogens is 2. The highest BCUT2D eigenvalue weighted by molar-refractivity contribution is 7.22. The van der Waals surface area contributed by atoms with E-state index in [2.05, 4.69) is 15.3 Å². The fourth-order valence-corrected chi connectivity index (χ4v) is 4.97. The molecule has 1 fully saturated rings. The number of nitrogens with zero attached hydrogens (tertiary/aromatic N) is 2. The number of hydrogen-bond donors (Lipinski definition) is 1. The van der Waals surface area contributed by atoms with Crippen molar-refractivity contribution in [2.24, 2.45) is 0 Å². The molecule has 1 aliphatic heterocycles. The van der Waals surface area contributed by atoms with Crippen molar-refractivity contribution in [3.05, 3.63) is 76.7 Å². The van der Waals surface area contributed by atoms with Crippen molar-refractivity contribution in [3.8, 4) is 11.3 Å². The lowest BCUT2D eigenvalue weighted by molar-refractivity contribution is -0.138. The third kappa shape index (κ3) is 4.95. The van der Waals surface area contributed by atoms with Gasteiger partial charge in [0.25, 0.3) is 5.91 Å². The molecule has 0 bridgehead atoms. The van der Waals surface area contributed by atoms with Gasteiger partial charge in [-0.2, -0.15) is 0 Å². The molecule has 174 valence electrons. The number of fused-ring (bicyclic) bond motifs is 1. The molecule has 1 aliphatic rings. The first-order valence-corrected chi connectivity index (χ1v) is 11.9. The van der Waals surface area contributed by atoms with Crippen LogP contribution in [0.1, 0.15) is 29.8 Å². The minimum atomic E-state index is -0.620. The topological polar surface area (TPSA) is 73.3 Å². The molecule has 2 aromatic carbocycles. The molecule has 0 radical (unpaired) electrons. The Kier molecular flexibility index (Phi) is 6.07. The maximum absolute atomic E-state index is 14.8. The van der Waals surface area contributed by atoms with Crippen molar-refractivity contribution in [2.45, 2.75) is 32.2 Å². The monoisotopic (exact) mass is 497 g/mol. The third-order valence-electron chi connectivity index (χ3n) is 5.42. The van der Waals surface area contributed by atoms with Crippen LogP contribution in [0.2, 0.25) is 5.02 Å². The van der Waals surface area contributed by atoms with Crippen molar-refractivity contribution in [3.63, 3.8) is 0 Å². The van der Waals surface area contributed by atoms with Gasteiger partial charge in [-0.05, 0) is 55.8 Å². The van der Waals surface area contributed by atoms with Crippen LogP contribution in [-0.2, 0) is 15.9 Å². The Balaban J connectivity index is 1.27. The largest absolute Gasteiger partial charge is 0.348 e. The van der Waals surface area contributed by atoms with Gasteiger partial charge in [0, 0.05) is 28.8 Å². The Labute approximate surface area is 204 Å². The lowest BCUT2D eigenvalue weighted by Gasteiger charge is -2.17. The zero-order chi connectivity index (χ0) is 23.9. The van der Waals surface area contributed by atoms with Gasteiger partial charge in [-0.1, -0.05) is 35.1 Å². The van der Waals surface area contributed by atoms with E-state index < -0.39 is 11.6 Å². The summed E-state index contributed by atoms with van der Waals surface area (Å²) < 4.78 is 27.0. The van der Waals surface area contributed by atoms with Crippen LogP contribution in [0.4, 0.5) is 9.52 Å². The molecule has 2 aromatic heterocycles. The highest BCUT2D eigenvalue weighted by Crippen LogP contribution is 2.29. The van der Waals surface area contributed by atoms with E-state index >= 15 is 0 Å². The smallest absolute Gasteiger partial charge is 0.257 e. The molecule has 1 atom stereocenters. The number of pyridine rings is 1. The van der Waals surface area contributed by atoms with Crippen molar-refractivity contribution < 1.29 is 18.7 Å². The summed E-state index contributed by atoms with van der Waals surface area (Å²) in [6.45, 7) is 4.17. The zero-order valence-corrected chi connectivity index (χ0v) is 20.0. The second-order valence-corrected chi connectivity index (χ2v) is 9.96. The molecule has 6 nitrogen and oxygen atoms in total. The average Bonchev–Trinajstić information content (AvgIpc) is 3.35. The maximum atomic E-state index is 14.8. The number of aromatic nitrogens is 2. The quantitative estimate of drug-likeness (QED) is 0.361. The van der Waals surface area contributed by atoms with Gasteiger partial charge in [0.1, 0.15) is 11.5 Å². The van der Waals surface area contributed by atoms with E-state index in [1.807, 2.05) is 13.8 Å². The molecule has 0 saturated carbocycles. The Morgan fingerprint density at radius 3 is 2.74 bits per heavy atom. The van der Waals surface area contributed by atoms with Gasteiger partial charge in [0.15, 0.2) is 10.9 Å². The number of hydrogen-bond acceptors (Lipinski definition) is 6. The summed E-state index contributed by atoms with van der Waals surface area (Å²) in [5.41, 5.74) is 2.74. The molecule has 0 aliphatic carbocycles. The number of carbonyl (C=O) groups is 1. The van der Waals surface area contributed by atoms with Crippen molar-refractivity contribution >= 4 is 44.2 Å². The van der Waals surface area contributed by atoms with E-state index in [-0.39, 0.29) is 17.7 Å². The van der Waals surface area contributed by atoms with Gasteiger partial charge in [-0.15, -0.1) is 0 Å². The molecule has 1 amide bonds. The average molecular weight is 498 g/mol. The van der Waals surface area contributed by atoms with Crippen molar-refractivity contribution in [1.82, 2.24) is 9.97 Å². The normalized spacial score (nSPS) is 17.2. The molecule has 1 saturated heterocycles. The summed E-state index contributed by atoms with van der Waals surface area (Å²) in [6.07, 6.45) is 2.03. The van der Waals surface area contributed by atoms with Gasteiger partial charge in [-0.3, -0.25) is 15.1 Å². The van der Waals surface area contributed by atoms with E-state index in [0.717, 1.165) is 15.8 Å². The number of carbonyl (C=O) groups excluding carboxylic acids is 1. The van der Waals surface area contributed by atoms with Crippen LogP contribution in [0, 0.1) is 5.82 Å². The van der Waals surface area contributed by atoms with Gasteiger partial charge >= 0.3 is 0 Å². The number of rotatable bonds is 5. The zero-order valence-electron chi connectivity index (χ0n) is 18.5. The number of nitrogens with one attached hydrogen (secondary N) is 1. The number of amides is 1. The van der Waals surface area contributed by atoms with Crippen LogP contribution in [0.25, 0.3) is 21.5 Å². The molecule has 5 rings (SSSR count). The Bertz CT molecular complexity index is 1370. The summed E-state index contributed by atoms with van der Waals surface area (Å²) in [5.74, 6) is -1.35. The molecule has 1 N–H and O–H groups in total. The number of ether oxygens (including phenoxy) is 2. The van der Waals surface area contributed by atoms with Crippen LogP contribution in [0.5, 0.6) is 0 Å². The molecule has 34 heavy (non-hydrogen) atoms. The SMILES string of the molecule is CC1(C)OCC(Cc2cnc(-c3ccc(C(=O)Nc4nc5ccc(Cl)cc5s4)cc3)c(F)c2)O1. The van der Waals surface area contributed by atoms with E-state index in [9.17, 15) is 9.18 Å². The first-order valence-electron chi connectivity index (χ1n) is 10.7. The third-order valence-corrected chi connectivity index (χ3v) is 6.59. The van der Waals surface area contributed by atoms with Crippen LogP contribution >= 0.6 is 22.9 Å². The fraction of sp³-hybridized carbons (Fsp3) is 0.240. The first kappa shape index (κ1) is 22.9. The van der Waals surface area contributed by atoms with E-state index in [0.29, 0.717) is 34.3 Å². The van der Waals surface area contributed by atoms with Crippen molar-refractivity contribution in [1.29, 1.82) is 0 Å². The fourth-order valence-electron chi connectivity index (χ4n) is 3.83. The van der Waals surface area contributed by atoms with Gasteiger partial charge in [-0.25, -0.2) is 9.37 Å². The number of benzene rings is 2. The van der Waals surface area contributed by atoms with Gasteiger partial charge < -0.3 is 9.47 Å². The number of anilines is 1. The molecule has 9 heteroatoms. The molecular weight excluding hydrogens is 477 g/mol. The maximum Gasteiger partial charge on any atom is 0.257 e. The van der Waals surface area contributed by atoms with Gasteiger partial charge in [0.05, 0.1) is 22.9 Å². The van der Waals surface area contributed by atoms with Crippen molar-refractivity contribution in [2.75, 3.05) is 11.9 Å². The molecule has 0 spiro atoms. The second kappa shape index (κ2) is 9.03. The summed E-state index contributed by atoms with van der Waals surface area (Å²) in [4.78, 5) is 21.4. The van der Waals surface area contributed by atoms with E-state index in [1.54, 1.807) is 48.7 Å². The molecule has 4 aromatic rings. The Hall–Kier alpha value is -2.91. The predicted octanol–water partition coefficient (Wildman–Crippen LogP) is 6.10. The molecule has 1 unspecified atom stereocenters. The lowest BCUT2D eigenvalue weighted by Crippen LogP contribution is -2.22. The van der Waals surface area contributed by atoms with Crippen LogP contribution in [0.15, 0.2) is 54.7 Å². The van der Waals surface area contributed by atoms with E-state index in [4.69, 9.17) is 21.1 Å². The summed E-state index contributed by atoms with van der Waals surface area (Å²) in [6, 6.07) is 13.5. The Morgan fingerprint density at radius 1 is 1.24 bits per heavy atom. The minimum absolute atomic E-state index is 0.132. The van der Waals surface area contributed by atoms with E-state index in [1.165, 1.54) is 17.4 Å². The van der Waals surface area contributed by atoms with Crippen LogP contribution in [-0.4, -0.2) is 34.4 Å². The van der Waals surface area contributed by atoms with Gasteiger partial charge in [0.2, 0.25) is 0 Å². The summed E-state index contributed by atoms with van der Waals surface area (Å²) in [7, 11) is 0. The minimum Gasteiger partial charge on any atom is -0.348 e. The first-order chi connectivity index (χ1) is 16.3. The second-order valence-electron chi connectivity index (χ2n) is 8.49. The van der Waals surface area contributed by atoms with Crippen LogP contribution in [0.3, 0.4) is 0 Å². The summed E-state index contributed by atoms with van der Waals surface area (Å²) >= 11 is 7.36.